The van der Waals surface area contributed by atoms with Crippen LogP contribution in [0.15, 0.2) is 36.4 Å². The van der Waals surface area contributed by atoms with Crippen LogP contribution in [0, 0.1) is 0 Å². The molecule has 0 bridgehead atoms. The number of rotatable bonds is 6. The fourth-order valence-electron chi connectivity index (χ4n) is 3.57. The van der Waals surface area contributed by atoms with Gasteiger partial charge in [-0.2, -0.15) is 0 Å². The van der Waals surface area contributed by atoms with E-state index in [1.807, 2.05) is 11.8 Å². The number of hydrogen-bond acceptors (Lipinski definition) is 5. The number of nitrogens with one attached hydrogen (secondary N) is 1. The molecule has 0 saturated carbocycles. The molecule has 7 nitrogen and oxygen atoms in total. The Labute approximate surface area is 170 Å². The van der Waals surface area contributed by atoms with E-state index in [0.717, 1.165) is 19.4 Å². The van der Waals surface area contributed by atoms with Gasteiger partial charge in [0.15, 0.2) is 11.5 Å². The van der Waals surface area contributed by atoms with Crippen LogP contribution in [0.1, 0.15) is 40.5 Å². The number of nitrogens with zero attached hydrogens (tertiary/aromatic N) is 1. The van der Waals surface area contributed by atoms with E-state index in [2.05, 4.69) is 5.32 Å². The zero-order valence-electron chi connectivity index (χ0n) is 17.2. The van der Waals surface area contributed by atoms with Crippen molar-refractivity contribution >= 4 is 17.5 Å². The highest BCUT2D eigenvalue weighted by Gasteiger charge is 2.28. The lowest BCUT2D eigenvalue weighted by molar-refractivity contribution is 0.0748. The molecule has 0 radical (unpaired) electrons. The van der Waals surface area contributed by atoms with E-state index in [0.29, 0.717) is 34.1 Å². The van der Waals surface area contributed by atoms with Crippen LogP contribution in [-0.2, 0) is 0 Å². The minimum absolute atomic E-state index is 0.0733. The van der Waals surface area contributed by atoms with Gasteiger partial charge in [0.05, 0.1) is 32.6 Å². The topological polar surface area (TPSA) is 77.1 Å². The van der Waals surface area contributed by atoms with Crippen LogP contribution in [0.4, 0.5) is 5.69 Å². The van der Waals surface area contributed by atoms with Crippen molar-refractivity contribution in [3.8, 4) is 17.2 Å². The largest absolute Gasteiger partial charge is 0.493 e. The van der Waals surface area contributed by atoms with Gasteiger partial charge < -0.3 is 24.4 Å². The van der Waals surface area contributed by atoms with Crippen molar-refractivity contribution in [1.82, 2.24) is 4.90 Å². The lowest BCUT2D eigenvalue weighted by Crippen LogP contribution is -2.34. The molecule has 1 aliphatic rings. The summed E-state index contributed by atoms with van der Waals surface area (Å²) in [6.45, 7) is 2.77. The van der Waals surface area contributed by atoms with Crippen LogP contribution in [0.5, 0.6) is 17.2 Å². The van der Waals surface area contributed by atoms with Crippen molar-refractivity contribution < 1.29 is 23.8 Å². The Morgan fingerprint density at radius 2 is 1.69 bits per heavy atom. The minimum Gasteiger partial charge on any atom is -0.493 e. The van der Waals surface area contributed by atoms with Gasteiger partial charge in [0, 0.05) is 18.2 Å². The number of hydrogen-bond donors (Lipinski definition) is 1. The van der Waals surface area contributed by atoms with E-state index >= 15 is 0 Å². The molecule has 1 saturated heterocycles. The molecule has 1 aliphatic heterocycles. The number of methoxy groups -OCH3 is 3. The molecule has 0 spiro atoms. The van der Waals surface area contributed by atoms with Gasteiger partial charge in [-0.25, -0.2) is 0 Å². The average Bonchev–Trinajstić information content (AvgIpc) is 3.18. The smallest absolute Gasteiger partial charge is 0.256 e. The van der Waals surface area contributed by atoms with Crippen LogP contribution in [0.25, 0.3) is 0 Å². The van der Waals surface area contributed by atoms with Gasteiger partial charge >= 0.3 is 0 Å². The first-order valence-electron chi connectivity index (χ1n) is 9.51. The summed E-state index contributed by atoms with van der Waals surface area (Å²) in [6, 6.07) is 10.4. The van der Waals surface area contributed by atoms with Crippen molar-refractivity contribution in [2.45, 2.75) is 25.8 Å². The Hall–Kier alpha value is -3.22. The normalized spacial score (nSPS) is 15.7. The molecule has 1 N–H and O–H groups in total. The Morgan fingerprint density at radius 1 is 1.03 bits per heavy atom. The summed E-state index contributed by atoms with van der Waals surface area (Å²) >= 11 is 0. The van der Waals surface area contributed by atoms with Gasteiger partial charge in [-0.1, -0.05) is 12.1 Å². The maximum atomic E-state index is 13.0. The van der Waals surface area contributed by atoms with Crippen LogP contribution in [0.3, 0.4) is 0 Å². The highest BCUT2D eigenvalue weighted by atomic mass is 16.5. The number of para-hydroxylation sites is 1. The maximum absolute atomic E-state index is 13.0. The molecule has 2 aromatic carbocycles. The molecular formula is C22H26N2O5. The molecule has 1 heterocycles. The van der Waals surface area contributed by atoms with E-state index in [1.165, 1.54) is 21.3 Å². The molecule has 3 rings (SSSR count). The number of carbonyl (C=O) groups is 2. The first-order chi connectivity index (χ1) is 14.0. The Balaban J connectivity index is 1.89. The highest BCUT2D eigenvalue weighted by Crippen LogP contribution is 2.38. The molecule has 0 aromatic heterocycles. The van der Waals surface area contributed by atoms with Crippen LogP contribution in [0.2, 0.25) is 0 Å². The molecule has 1 atom stereocenters. The molecule has 29 heavy (non-hydrogen) atoms. The first kappa shape index (κ1) is 20.5. The predicted octanol–water partition coefficient (Wildman–Crippen LogP) is 3.59. The summed E-state index contributed by atoms with van der Waals surface area (Å²) in [5.41, 5.74) is 1.27. The number of amides is 2. The summed E-state index contributed by atoms with van der Waals surface area (Å²) in [6.07, 6.45) is 1.98. The quantitative estimate of drug-likeness (QED) is 0.805. The fraction of sp³-hybridized carbons (Fsp3) is 0.364. The van der Waals surface area contributed by atoms with E-state index in [4.69, 9.17) is 14.2 Å². The predicted molar refractivity (Wildman–Crippen MR) is 110 cm³/mol. The third kappa shape index (κ3) is 4.13. The van der Waals surface area contributed by atoms with Crippen molar-refractivity contribution in [2.75, 3.05) is 33.2 Å². The standard InChI is InChI=1S/C22H26N2O5/c1-14-8-7-11-24(14)22(26)16-9-5-6-10-17(16)23-21(25)15-12-18(27-2)20(29-4)19(13-15)28-3/h5-6,9-10,12-14H,7-8,11H2,1-4H3,(H,23,25). The summed E-state index contributed by atoms with van der Waals surface area (Å²) < 4.78 is 15.9. The van der Waals surface area contributed by atoms with E-state index < -0.39 is 0 Å². The van der Waals surface area contributed by atoms with Gasteiger partial charge in [-0.3, -0.25) is 9.59 Å². The summed E-state index contributed by atoms with van der Waals surface area (Å²) in [7, 11) is 4.48. The molecule has 2 amide bonds. The van der Waals surface area contributed by atoms with Crippen molar-refractivity contribution in [3.05, 3.63) is 47.5 Å². The number of benzene rings is 2. The Kier molecular flexibility index (Phi) is 6.26. The fourth-order valence-corrected chi connectivity index (χ4v) is 3.57. The molecule has 154 valence electrons. The summed E-state index contributed by atoms with van der Waals surface area (Å²) in [4.78, 5) is 27.8. The molecule has 1 unspecified atom stereocenters. The number of likely N-dealkylation sites (tertiary alicyclic amines) is 1. The maximum Gasteiger partial charge on any atom is 0.256 e. The molecule has 2 aromatic rings. The zero-order chi connectivity index (χ0) is 21.0. The van der Waals surface area contributed by atoms with Gasteiger partial charge in [0.25, 0.3) is 11.8 Å². The lowest BCUT2D eigenvalue weighted by Gasteiger charge is -2.23. The summed E-state index contributed by atoms with van der Waals surface area (Å²) in [5, 5.41) is 2.85. The van der Waals surface area contributed by atoms with Crippen LogP contribution < -0.4 is 19.5 Å². The summed E-state index contributed by atoms with van der Waals surface area (Å²) in [5.74, 6) is 0.722. The van der Waals surface area contributed by atoms with Crippen molar-refractivity contribution in [3.63, 3.8) is 0 Å². The van der Waals surface area contributed by atoms with Crippen molar-refractivity contribution in [1.29, 1.82) is 0 Å². The average molecular weight is 398 g/mol. The highest BCUT2D eigenvalue weighted by molar-refractivity contribution is 6.09. The third-order valence-corrected chi connectivity index (χ3v) is 5.15. The van der Waals surface area contributed by atoms with E-state index in [9.17, 15) is 9.59 Å². The van der Waals surface area contributed by atoms with Crippen LogP contribution >= 0.6 is 0 Å². The number of ether oxygens (including phenoxy) is 3. The zero-order valence-corrected chi connectivity index (χ0v) is 17.2. The third-order valence-electron chi connectivity index (χ3n) is 5.15. The number of anilines is 1. The van der Waals surface area contributed by atoms with Gasteiger partial charge in [-0.15, -0.1) is 0 Å². The number of carbonyl (C=O) groups excluding carboxylic acids is 2. The second-order valence-corrected chi connectivity index (χ2v) is 6.90. The second-order valence-electron chi connectivity index (χ2n) is 6.90. The lowest BCUT2D eigenvalue weighted by atomic mass is 10.1. The molecular weight excluding hydrogens is 372 g/mol. The Bertz CT molecular complexity index is 887. The SMILES string of the molecule is COc1cc(C(=O)Nc2ccccc2C(=O)N2CCCC2C)cc(OC)c1OC. The Morgan fingerprint density at radius 3 is 2.24 bits per heavy atom. The molecule has 1 fully saturated rings. The minimum atomic E-state index is -0.376. The molecule has 0 aliphatic carbocycles. The second kappa shape index (κ2) is 8.86. The van der Waals surface area contributed by atoms with Gasteiger partial charge in [-0.05, 0) is 44.0 Å². The van der Waals surface area contributed by atoms with Crippen LogP contribution in [-0.4, -0.2) is 50.6 Å². The van der Waals surface area contributed by atoms with Gasteiger partial charge in [0.1, 0.15) is 0 Å². The molecule has 7 heteroatoms. The van der Waals surface area contributed by atoms with E-state index in [1.54, 1.807) is 36.4 Å². The first-order valence-corrected chi connectivity index (χ1v) is 9.51. The monoisotopic (exact) mass is 398 g/mol. The van der Waals surface area contributed by atoms with E-state index in [-0.39, 0.29) is 17.9 Å². The van der Waals surface area contributed by atoms with Gasteiger partial charge in [0.2, 0.25) is 5.75 Å². The van der Waals surface area contributed by atoms with Crippen molar-refractivity contribution in [2.24, 2.45) is 0 Å².